The SMILES string of the molecule is CCCN(CCNS(C)(=O)=O)c1ccccc1C. The van der Waals surface area contributed by atoms with Gasteiger partial charge in [-0.15, -0.1) is 0 Å². The van der Waals surface area contributed by atoms with E-state index in [0.717, 1.165) is 13.0 Å². The van der Waals surface area contributed by atoms with Crippen LogP contribution >= 0.6 is 0 Å². The molecule has 0 saturated heterocycles. The first-order valence-electron chi connectivity index (χ1n) is 6.19. The third kappa shape index (κ3) is 5.06. The van der Waals surface area contributed by atoms with Crippen LogP contribution in [0.3, 0.4) is 0 Å². The van der Waals surface area contributed by atoms with Crippen LogP contribution in [0.25, 0.3) is 0 Å². The number of nitrogens with one attached hydrogen (secondary N) is 1. The van der Waals surface area contributed by atoms with Gasteiger partial charge in [-0.2, -0.15) is 0 Å². The number of sulfonamides is 1. The molecule has 1 aromatic carbocycles. The number of hydrogen-bond donors (Lipinski definition) is 1. The standard InChI is InChI=1S/C13H22N2O2S/c1-4-10-15(11-9-14-18(3,16)17)13-8-6-5-7-12(13)2/h5-8,14H,4,9-11H2,1-3H3. The maximum atomic E-state index is 11.0. The smallest absolute Gasteiger partial charge is 0.208 e. The van der Waals surface area contributed by atoms with Crippen molar-refractivity contribution in [1.82, 2.24) is 4.72 Å². The molecule has 5 heteroatoms. The summed E-state index contributed by atoms with van der Waals surface area (Å²) < 4.78 is 24.6. The number of aryl methyl sites for hydroxylation is 1. The molecule has 102 valence electrons. The van der Waals surface area contributed by atoms with Gasteiger partial charge in [-0.1, -0.05) is 25.1 Å². The lowest BCUT2D eigenvalue weighted by molar-refractivity contribution is 0.586. The molecule has 0 aliphatic heterocycles. The molecule has 0 saturated carbocycles. The molecule has 1 rings (SSSR count). The molecule has 0 amide bonds. The predicted molar refractivity (Wildman–Crippen MR) is 76.5 cm³/mol. The van der Waals surface area contributed by atoms with Crippen LogP contribution in [0.4, 0.5) is 5.69 Å². The monoisotopic (exact) mass is 270 g/mol. The maximum Gasteiger partial charge on any atom is 0.208 e. The summed E-state index contributed by atoms with van der Waals surface area (Å²) in [4.78, 5) is 2.22. The molecule has 18 heavy (non-hydrogen) atoms. The van der Waals surface area contributed by atoms with Gasteiger partial charge in [0.15, 0.2) is 0 Å². The van der Waals surface area contributed by atoms with Crippen molar-refractivity contribution >= 4 is 15.7 Å². The Morgan fingerprint density at radius 1 is 1.22 bits per heavy atom. The van der Waals surface area contributed by atoms with E-state index >= 15 is 0 Å². The van der Waals surface area contributed by atoms with Crippen molar-refractivity contribution in [3.63, 3.8) is 0 Å². The Balaban J connectivity index is 2.69. The molecule has 0 aliphatic carbocycles. The highest BCUT2D eigenvalue weighted by Crippen LogP contribution is 2.19. The van der Waals surface area contributed by atoms with Gasteiger partial charge >= 0.3 is 0 Å². The van der Waals surface area contributed by atoms with Crippen molar-refractivity contribution in [2.45, 2.75) is 20.3 Å². The van der Waals surface area contributed by atoms with Crippen molar-refractivity contribution < 1.29 is 8.42 Å². The van der Waals surface area contributed by atoms with E-state index in [1.165, 1.54) is 17.5 Å². The van der Waals surface area contributed by atoms with E-state index < -0.39 is 10.0 Å². The Bertz CT molecular complexity index is 472. The molecule has 0 radical (unpaired) electrons. The van der Waals surface area contributed by atoms with Crippen LogP contribution in [-0.2, 0) is 10.0 Å². The molecule has 4 nitrogen and oxygen atoms in total. The highest BCUT2D eigenvalue weighted by atomic mass is 32.2. The van der Waals surface area contributed by atoms with Crippen LogP contribution in [0, 0.1) is 6.92 Å². The molecule has 1 aromatic rings. The van der Waals surface area contributed by atoms with Gasteiger partial charge in [0.1, 0.15) is 0 Å². The van der Waals surface area contributed by atoms with Crippen LogP contribution in [0.2, 0.25) is 0 Å². The van der Waals surface area contributed by atoms with E-state index in [1.807, 2.05) is 12.1 Å². The predicted octanol–water partition coefficient (Wildman–Crippen LogP) is 1.76. The number of nitrogens with zero attached hydrogens (tertiary/aromatic N) is 1. The van der Waals surface area contributed by atoms with Crippen LogP contribution in [0.15, 0.2) is 24.3 Å². The lowest BCUT2D eigenvalue weighted by Gasteiger charge is -2.26. The van der Waals surface area contributed by atoms with Crippen molar-refractivity contribution in [3.8, 4) is 0 Å². The largest absolute Gasteiger partial charge is 0.370 e. The van der Waals surface area contributed by atoms with Gasteiger partial charge in [0, 0.05) is 25.3 Å². The van der Waals surface area contributed by atoms with E-state index in [1.54, 1.807) is 0 Å². The van der Waals surface area contributed by atoms with Crippen LogP contribution in [0.1, 0.15) is 18.9 Å². The van der Waals surface area contributed by atoms with Crippen molar-refractivity contribution in [3.05, 3.63) is 29.8 Å². The maximum absolute atomic E-state index is 11.0. The number of anilines is 1. The fraction of sp³-hybridized carbons (Fsp3) is 0.538. The van der Waals surface area contributed by atoms with E-state index in [9.17, 15) is 8.42 Å². The summed E-state index contributed by atoms with van der Waals surface area (Å²) in [5.74, 6) is 0. The quantitative estimate of drug-likeness (QED) is 0.821. The Kier molecular flexibility index (Phi) is 5.62. The zero-order valence-corrected chi connectivity index (χ0v) is 12.1. The summed E-state index contributed by atoms with van der Waals surface area (Å²) >= 11 is 0. The first-order valence-corrected chi connectivity index (χ1v) is 8.08. The first-order chi connectivity index (χ1) is 8.44. The summed E-state index contributed by atoms with van der Waals surface area (Å²) in [7, 11) is -3.10. The van der Waals surface area contributed by atoms with Gasteiger partial charge in [0.05, 0.1) is 6.26 Å². The Labute approximate surface area is 110 Å². The van der Waals surface area contributed by atoms with Gasteiger partial charge in [0.25, 0.3) is 0 Å². The van der Waals surface area contributed by atoms with Crippen LogP contribution in [0.5, 0.6) is 0 Å². The lowest BCUT2D eigenvalue weighted by Crippen LogP contribution is -2.35. The normalized spacial score (nSPS) is 11.5. The third-order valence-electron chi connectivity index (χ3n) is 2.70. The molecule has 0 aromatic heterocycles. The van der Waals surface area contributed by atoms with Crippen molar-refractivity contribution in [2.24, 2.45) is 0 Å². The Morgan fingerprint density at radius 2 is 1.89 bits per heavy atom. The fourth-order valence-corrected chi connectivity index (χ4v) is 2.37. The second-order valence-electron chi connectivity index (χ2n) is 4.44. The van der Waals surface area contributed by atoms with E-state index in [4.69, 9.17) is 0 Å². The second-order valence-corrected chi connectivity index (χ2v) is 6.27. The molecule has 0 bridgehead atoms. The molecule has 0 heterocycles. The highest BCUT2D eigenvalue weighted by Gasteiger charge is 2.08. The van der Waals surface area contributed by atoms with Gasteiger partial charge in [0.2, 0.25) is 10.0 Å². The topological polar surface area (TPSA) is 49.4 Å². The van der Waals surface area contributed by atoms with E-state index in [-0.39, 0.29) is 0 Å². The zero-order chi connectivity index (χ0) is 13.6. The number of rotatable bonds is 7. The minimum atomic E-state index is -3.10. The minimum absolute atomic E-state index is 0.438. The minimum Gasteiger partial charge on any atom is -0.370 e. The van der Waals surface area contributed by atoms with Gasteiger partial charge in [-0.05, 0) is 25.0 Å². The lowest BCUT2D eigenvalue weighted by atomic mass is 10.1. The Hall–Kier alpha value is -1.07. The second kappa shape index (κ2) is 6.75. The molecule has 0 atom stereocenters. The molecular formula is C13H22N2O2S. The summed E-state index contributed by atoms with van der Waals surface area (Å²) in [5.41, 5.74) is 2.39. The molecule has 0 spiro atoms. The summed E-state index contributed by atoms with van der Waals surface area (Å²) in [5, 5.41) is 0. The van der Waals surface area contributed by atoms with Gasteiger partial charge in [-0.25, -0.2) is 13.1 Å². The van der Waals surface area contributed by atoms with Crippen LogP contribution < -0.4 is 9.62 Å². The average Bonchev–Trinajstić information content (AvgIpc) is 2.27. The fourth-order valence-electron chi connectivity index (χ4n) is 1.91. The number of benzene rings is 1. The molecule has 0 aliphatic rings. The highest BCUT2D eigenvalue weighted by molar-refractivity contribution is 7.88. The third-order valence-corrected chi connectivity index (χ3v) is 3.42. The van der Waals surface area contributed by atoms with Crippen molar-refractivity contribution in [2.75, 3.05) is 30.8 Å². The molecule has 0 fully saturated rings. The summed E-state index contributed by atoms with van der Waals surface area (Å²) in [6.45, 7) is 6.24. The van der Waals surface area contributed by atoms with Crippen LogP contribution in [-0.4, -0.2) is 34.3 Å². The zero-order valence-electron chi connectivity index (χ0n) is 11.3. The first kappa shape index (κ1) is 15.0. The van der Waals surface area contributed by atoms with Gasteiger partial charge in [-0.3, -0.25) is 0 Å². The number of para-hydroxylation sites is 1. The molecule has 0 unspecified atom stereocenters. The summed E-state index contributed by atoms with van der Waals surface area (Å²) in [6, 6.07) is 8.17. The van der Waals surface area contributed by atoms with Crippen molar-refractivity contribution in [1.29, 1.82) is 0 Å². The van der Waals surface area contributed by atoms with E-state index in [0.29, 0.717) is 13.1 Å². The number of hydrogen-bond acceptors (Lipinski definition) is 3. The van der Waals surface area contributed by atoms with E-state index in [2.05, 4.69) is 35.6 Å². The summed E-state index contributed by atoms with van der Waals surface area (Å²) in [6.07, 6.45) is 2.22. The average molecular weight is 270 g/mol. The molecule has 1 N–H and O–H groups in total. The molecular weight excluding hydrogens is 248 g/mol. The van der Waals surface area contributed by atoms with Gasteiger partial charge < -0.3 is 4.90 Å². The Morgan fingerprint density at radius 3 is 2.44 bits per heavy atom.